The SMILES string of the molecule is CC(C)(C)OC(=O)NCC(Cc1cccc(OC(F)(F)F)c1)C(=O)O. The molecule has 0 fully saturated rings. The van der Waals surface area contributed by atoms with Crippen LogP contribution >= 0.6 is 0 Å². The fourth-order valence-electron chi connectivity index (χ4n) is 1.92. The molecule has 0 saturated heterocycles. The molecule has 0 heterocycles. The molecule has 9 heteroatoms. The molecular weight excluding hydrogens is 343 g/mol. The Labute approximate surface area is 142 Å². The molecule has 0 aliphatic carbocycles. The maximum atomic E-state index is 12.2. The van der Waals surface area contributed by atoms with Gasteiger partial charge in [-0.15, -0.1) is 13.2 Å². The number of halogens is 3. The van der Waals surface area contributed by atoms with Crippen LogP contribution in [0.5, 0.6) is 5.75 Å². The molecule has 140 valence electrons. The van der Waals surface area contributed by atoms with Crippen LogP contribution < -0.4 is 10.1 Å². The second-order valence-corrected chi connectivity index (χ2v) is 6.32. The Hall–Kier alpha value is -2.45. The number of carbonyl (C=O) groups is 2. The van der Waals surface area contributed by atoms with Gasteiger partial charge in [0.1, 0.15) is 11.4 Å². The Kier molecular flexibility index (Phi) is 6.66. The third-order valence-electron chi connectivity index (χ3n) is 2.86. The highest BCUT2D eigenvalue weighted by Gasteiger charge is 2.31. The van der Waals surface area contributed by atoms with Gasteiger partial charge in [0.25, 0.3) is 0 Å². The zero-order valence-electron chi connectivity index (χ0n) is 14.0. The van der Waals surface area contributed by atoms with Crippen molar-refractivity contribution >= 4 is 12.1 Å². The molecule has 0 radical (unpaired) electrons. The summed E-state index contributed by atoms with van der Waals surface area (Å²) in [5.74, 6) is -2.67. The van der Waals surface area contributed by atoms with Crippen molar-refractivity contribution in [3.05, 3.63) is 29.8 Å². The molecule has 1 atom stereocenters. The largest absolute Gasteiger partial charge is 0.573 e. The first-order chi connectivity index (χ1) is 11.4. The van der Waals surface area contributed by atoms with Crippen molar-refractivity contribution in [1.29, 1.82) is 0 Å². The van der Waals surface area contributed by atoms with Crippen LogP contribution in [0.2, 0.25) is 0 Å². The number of carboxylic acids is 1. The number of hydrogen-bond donors (Lipinski definition) is 2. The molecule has 1 amide bonds. The molecule has 0 aliphatic rings. The zero-order chi connectivity index (χ0) is 19.3. The van der Waals surface area contributed by atoms with Crippen LogP contribution in [0, 0.1) is 5.92 Å². The van der Waals surface area contributed by atoms with Gasteiger partial charge in [0, 0.05) is 6.54 Å². The van der Waals surface area contributed by atoms with Gasteiger partial charge in [-0.05, 0) is 44.9 Å². The van der Waals surface area contributed by atoms with Gasteiger partial charge in [-0.1, -0.05) is 12.1 Å². The van der Waals surface area contributed by atoms with Gasteiger partial charge in [-0.25, -0.2) is 4.79 Å². The monoisotopic (exact) mass is 363 g/mol. The predicted octanol–water partition coefficient (Wildman–Crippen LogP) is 3.35. The van der Waals surface area contributed by atoms with Gasteiger partial charge in [0.05, 0.1) is 5.92 Å². The molecule has 0 saturated carbocycles. The maximum Gasteiger partial charge on any atom is 0.573 e. The fraction of sp³-hybridized carbons (Fsp3) is 0.500. The van der Waals surface area contributed by atoms with Gasteiger partial charge in [-0.2, -0.15) is 0 Å². The van der Waals surface area contributed by atoms with E-state index in [0.29, 0.717) is 5.56 Å². The lowest BCUT2D eigenvalue weighted by molar-refractivity contribution is -0.274. The maximum absolute atomic E-state index is 12.2. The summed E-state index contributed by atoms with van der Waals surface area (Å²) < 4.78 is 45.5. The number of aliphatic carboxylic acids is 1. The molecule has 0 spiro atoms. The average Bonchev–Trinajstić information content (AvgIpc) is 2.39. The fourth-order valence-corrected chi connectivity index (χ4v) is 1.92. The first-order valence-corrected chi connectivity index (χ1v) is 7.40. The number of hydrogen-bond acceptors (Lipinski definition) is 4. The Morgan fingerprint density at radius 2 is 1.88 bits per heavy atom. The summed E-state index contributed by atoms with van der Waals surface area (Å²) in [7, 11) is 0. The minimum absolute atomic E-state index is 0.0831. The third kappa shape index (κ3) is 8.83. The highest BCUT2D eigenvalue weighted by atomic mass is 19.4. The smallest absolute Gasteiger partial charge is 0.481 e. The number of rotatable bonds is 6. The van der Waals surface area contributed by atoms with Crippen molar-refractivity contribution < 1.29 is 37.3 Å². The van der Waals surface area contributed by atoms with Crippen molar-refractivity contribution in [2.75, 3.05) is 6.54 Å². The Bertz CT molecular complexity index is 611. The number of alkyl halides is 3. The van der Waals surface area contributed by atoms with Gasteiger partial charge in [-0.3, -0.25) is 4.79 Å². The Morgan fingerprint density at radius 1 is 1.24 bits per heavy atom. The molecule has 0 aliphatic heterocycles. The molecule has 1 unspecified atom stereocenters. The van der Waals surface area contributed by atoms with E-state index in [-0.39, 0.29) is 13.0 Å². The quantitative estimate of drug-likeness (QED) is 0.810. The zero-order valence-corrected chi connectivity index (χ0v) is 14.0. The van der Waals surface area contributed by atoms with Crippen LogP contribution in [0.3, 0.4) is 0 Å². The van der Waals surface area contributed by atoms with Gasteiger partial charge in [0.15, 0.2) is 0 Å². The Morgan fingerprint density at radius 3 is 2.40 bits per heavy atom. The number of benzene rings is 1. The standard InChI is InChI=1S/C16H20F3NO5/c1-15(2,3)25-14(23)20-9-11(13(21)22)7-10-5-4-6-12(8-10)24-16(17,18)19/h4-6,8,11H,7,9H2,1-3H3,(H,20,23)(H,21,22). The van der Waals surface area contributed by atoms with E-state index in [2.05, 4.69) is 10.1 Å². The first kappa shape index (κ1) is 20.6. The number of nitrogens with one attached hydrogen (secondary N) is 1. The minimum atomic E-state index is -4.83. The molecule has 1 aromatic rings. The molecule has 1 rings (SSSR count). The number of amides is 1. The van der Waals surface area contributed by atoms with Gasteiger partial charge < -0.3 is 19.9 Å². The lowest BCUT2D eigenvalue weighted by Gasteiger charge is -2.21. The van der Waals surface area contributed by atoms with E-state index >= 15 is 0 Å². The summed E-state index contributed by atoms with van der Waals surface area (Å²) in [6.45, 7) is 4.75. The number of ether oxygens (including phenoxy) is 2. The molecule has 1 aromatic carbocycles. The van der Waals surface area contributed by atoms with Crippen LogP contribution in [0.4, 0.5) is 18.0 Å². The summed E-state index contributed by atoms with van der Waals surface area (Å²) >= 11 is 0. The molecule has 25 heavy (non-hydrogen) atoms. The van der Waals surface area contributed by atoms with E-state index < -0.39 is 35.7 Å². The second kappa shape index (κ2) is 8.09. The molecule has 0 bridgehead atoms. The summed E-state index contributed by atoms with van der Waals surface area (Å²) in [5, 5.41) is 11.6. The van der Waals surface area contributed by atoms with Crippen molar-refractivity contribution in [1.82, 2.24) is 5.32 Å². The van der Waals surface area contributed by atoms with E-state index in [1.165, 1.54) is 12.1 Å². The molecule has 2 N–H and O–H groups in total. The van der Waals surface area contributed by atoms with Gasteiger partial charge in [0.2, 0.25) is 0 Å². The first-order valence-electron chi connectivity index (χ1n) is 7.40. The second-order valence-electron chi connectivity index (χ2n) is 6.32. The normalized spacial score (nSPS) is 13.0. The third-order valence-corrected chi connectivity index (χ3v) is 2.86. The summed E-state index contributed by atoms with van der Waals surface area (Å²) in [4.78, 5) is 22.9. The van der Waals surface area contributed by atoms with E-state index in [4.69, 9.17) is 4.74 Å². The molecule has 0 aromatic heterocycles. The van der Waals surface area contributed by atoms with Crippen molar-refractivity contribution in [3.8, 4) is 5.75 Å². The molecule has 6 nitrogen and oxygen atoms in total. The van der Waals surface area contributed by atoms with E-state index in [1.807, 2.05) is 0 Å². The molecular formula is C16H20F3NO5. The Balaban J connectivity index is 2.71. The van der Waals surface area contributed by atoms with Crippen molar-refractivity contribution in [2.24, 2.45) is 5.92 Å². The topological polar surface area (TPSA) is 84.9 Å². The van der Waals surface area contributed by atoms with E-state index in [1.54, 1.807) is 20.8 Å². The minimum Gasteiger partial charge on any atom is -0.481 e. The average molecular weight is 363 g/mol. The summed E-state index contributed by atoms with van der Waals surface area (Å²) in [6, 6.07) is 5.03. The summed E-state index contributed by atoms with van der Waals surface area (Å²) in [5.41, 5.74) is -0.397. The van der Waals surface area contributed by atoms with Crippen LogP contribution in [0.15, 0.2) is 24.3 Å². The lowest BCUT2D eigenvalue weighted by Crippen LogP contribution is -2.37. The van der Waals surface area contributed by atoms with Crippen LogP contribution in [-0.2, 0) is 16.0 Å². The van der Waals surface area contributed by atoms with Crippen molar-refractivity contribution in [3.63, 3.8) is 0 Å². The highest BCUT2D eigenvalue weighted by Crippen LogP contribution is 2.24. The number of carboxylic acid groups (broad SMARTS) is 1. The van der Waals surface area contributed by atoms with Crippen LogP contribution in [-0.4, -0.2) is 35.7 Å². The lowest BCUT2D eigenvalue weighted by atomic mass is 9.99. The summed E-state index contributed by atoms with van der Waals surface area (Å²) in [6.07, 6.45) is -5.68. The predicted molar refractivity (Wildman–Crippen MR) is 82.2 cm³/mol. The van der Waals surface area contributed by atoms with Crippen LogP contribution in [0.1, 0.15) is 26.3 Å². The number of alkyl carbamates (subject to hydrolysis) is 1. The number of carbonyl (C=O) groups excluding carboxylic acids is 1. The van der Waals surface area contributed by atoms with Crippen molar-refractivity contribution in [2.45, 2.75) is 39.2 Å². The van der Waals surface area contributed by atoms with E-state index in [9.17, 15) is 27.9 Å². The van der Waals surface area contributed by atoms with E-state index in [0.717, 1.165) is 12.1 Å². The highest BCUT2D eigenvalue weighted by molar-refractivity contribution is 5.73. The van der Waals surface area contributed by atoms with Crippen LogP contribution in [0.25, 0.3) is 0 Å². The van der Waals surface area contributed by atoms with Gasteiger partial charge >= 0.3 is 18.4 Å².